The van der Waals surface area contributed by atoms with E-state index in [1.54, 1.807) is 0 Å². The van der Waals surface area contributed by atoms with Gasteiger partial charge in [-0.2, -0.15) is 0 Å². The van der Waals surface area contributed by atoms with Gasteiger partial charge in [0.1, 0.15) is 0 Å². The first kappa shape index (κ1) is 6.53. The molecule has 0 N–H and O–H groups in total. The fraction of sp³-hybridized carbons (Fsp3) is 0. The maximum Gasteiger partial charge on any atom is 0.209 e. The summed E-state index contributed by atoms with van der Waals surface area (Å²) in [7, 11) is 0. The molecule has 1 nitrogen and oxygen atoms in total. The van der Waals surface area contributed by atoms with E-state index in [9.17, 15) is 0 Å². The first-order chi connectivity index (χ1) is 3.79. The van der Waals surface area contributed by atoms with Gasteiger partial charge in [-0.1, -0.05) is 10.6 Å². The van der Waals surface area contributed by atoms with Crippen LogP contribution in [0.15, 0.2) is 18.3 Å². The van der Waals surface area contributed by atoms with E-state index in [0.29, 0.717) is 0 Å². The maximum absolute atomic E-state index is 4.03. The van der Waals surface area contributed by atoms with Crippen LogP contribution in [0.5, 0.6) is 0 Å². The monoisotopic (exact) mass is 231 g/mol. The molecule has 0 fully saturated rings. The molecule has 1 aromatic heterocycles. The van der Waals surface area contributed by atoms with Gasteiger partial charge in [0, 0.05) is 9.77 Å². The van der Waals surface area contributed by atoms with Crippen molar-refractivity contribution in [3.8, 4) is 0 Å². The molecule has 2 radical (unpaired) electrons. The van der Waals surface area contributed by atoms with Crippen LogP contribution in [-0.2, 0) is 0 Å². The van der Waals surface area contributed by atoms with Crippen molar-refractivity contribution < 1.29 is 0 Å². The van der Waals surface area contributed by atoms with Crippen molar-refractivity contribution in [2.24, 2.45) is 0 Å². The Morgan fingerprint density at radius 2 is 2.25 bits per heavy atom. The van der Waals surface area contributed by atoms with Gasteiger partial charge in [0.15, 0.2) is 0 Å². The second-order valence-corrected chi connectivity index (χ2v) is 3.24. The largest absolute Gasteiger partial charge is 0.281 e. The van der Waals surface area contributed by atoms with E-state index in [1.165, 1.54) is 3.57 Å². The zero-order chi connectivity index (χ0) is 5.98. The van der Waals surface area contributed by atoms with E-state index in [0.717, 1.165) is 4.56 Å². The van der Waals surface area contributed by atoms with Gasteiger partial charge in [0.25, 0.3) is 0 Å². The van der Waals surface area contributed by atoms with Crippen molar-refractivity contribution in [3.05, 3.63) is 21.9 Å². The smallest absolute Gasteiger partial charge is 0.209 e. The first-order valence-corrected chi connectivity index (χ1v) is 3.81. The Morgan fingerprint density at radius 3 is 2.62 bits per heavy atom. The number of hydrogen-bond acceptors (Lipinski definition) is 1. The highest BCUT2D eigenvalue weighted by Gasteiger charge is 1.81. The van der Waals surface area contributed by atoms with E-state index in [-0.39, 0.29) is 0 Å². The average Bonchev–Trinajstić information content (AvgIpc) is 1.77. The van der Waals surface area contributed by atoms with E-state index < -0.39 is 0 Å². The summed E-state index contributed by atoms with van der Waals surface area (Å²) in [5.41, 5.74) is 0. The molecule has 0 atom stereocenters. The van der Waals surface area contributed by atoms with E-state index >= 15 is 0 Å². The van der Waals surface area contributed by atoms with Crippen molar-refractivity contribution in [3.63, 3.8) is 0 Å². The summed E-state index contributed by atoms with van der Waals surface area (Å²) in [6, 6.07) is 3.99. The Morgan fingerprint density at radius 1 is 1.50 bits per heavy atom. The lowest BCUT2D eigenvalue weighted by molar-refractivity contribution is 1.36. The topological polar surface area (TPSA) is 12.9 Å². The maximum atomic E-state index is 4.03. The zero-order valence-electron chi connectivity index (χ0n) is 4.13. The number of hydrogen-bond donors (Lipinski definition) is 0. The molecule has 0 saturated heterocycles. The van der Waals surface area contributed by atoms with Crippen molar-refractivity contribution in [2.75, 3.05) is 0 Å². The Labute approximate surface area is 70.1 Å². The minimum Gasteiger partial charge on any atom is -0.281 e. The van der Waals surface area contributed by atoms with Crippen LogP contribution in [0.25, 0.3) is 0 Å². The highest BCUT2D eigenvalue weighted by molar-refractivity contribution is 14.1. The van der Waals surface area contributed by atoms with Gasteiger partial charge in [-0.3, -0.25) is 4.98 Å². The van der Waals surface area contributed by atoms with Crippen molar-refractivity contribution in [1.82, 2.24) is 4.98 Å². The van der Waals surface area contributed by atoms with Crippen LogP contribution in [-0.4, -0.2) is 21.3 Å². The number of aromatic nitrogens is 1. The van der Waals surface area contributed by atoms with Crippen molar-refractivity contribution in [1.29, 1.82) is 0 Å². The normalized spacial score (nSPS) is 9.12. The summed E-state index contributed by atoms with van der Waals surface area (Å²) in [5.74, 6) is 0. The Kier molecular flexibility index (Phi) is 2.30. The van der Waals surface area contributed by atoms with Gasteiger partial charge in [0.05, 0.1) is 0 Å². The molecule has 1 rings (SSSR count). The third-order valence-corrected chi connectivity index (χ3v) is 1.73. The quantitative estimate of drug-likeness (QED) is 0.467. The molecule has 0 amide bonds. The fourth-order valence-corrected chi connectivity index (χ4v) is 0.877. The lowest BCUT2D eigenvalue weighted by Crippen LogP contribution is -2.05. The van der Waals surface area contributed by atoms with E-state index in [1.807, 2.05) is 18.3 Å². The molecule has 38 valence electrons. The van der Waals surface area contributed by atoms with Crippen LogP contribution in [0.2, 0.25) is 0 Å². The molecule has 1 heterocycles. The molecule has 0 bridgehead atoms. The highest BCUT2D eigenvalue weighted by atomic mass is 127. The van der Waals surface area contributed by atoms with Gasteiger partial charge >= 0.3 is 0 Å². The van der Waals surface area contributed by atoms with E-state index in [2.05, 4.69) is 43.9 Å². The lowest BCUT2D eigenvalue weighted by atomic mass is 10.5. The summed E-state index contributed by atoms with van der Waals surface area (Å²) < 4.78 is 2.17. The SMILES string of the molecule is [Al][c]1ccc(I)cn1. The Hall–Kier alpha value is 0.412. The molecule has 1 aromatic rings. The predicted octanol–water partition coefficient (Wildman–Crippen LogP) is 0.480. The fourth-order valence-electron chi connectivity index (χ4n) is 0.387. The van der Waals surface area contributed by atoms with Crippen LogP contribution in [0, 0.1) is 3.57 Å². The third-order valence-electron chi connectivity index (χ3n) is 0.750. The van der Waals surface area contributed by atoms with Gasteiger partial charge in [0.2, 0.25) is 16.3 Å². The van der Waals surface area contributed by atoms with Crippen LogP contribution in [0.1, 0.15) is 0 Å². The first-order valence-electron chi connectivity index (χ1n) is 2.16. The Bertz CT molecular complexity index is 151. The number of halogens is 1. The number of rotatable bonds is 0. The summed E-state index contributed by atoms with van der Waals surface area (Å²) >= 11 is 4.76. The molecule has 0 saturated carbocycles. The molecule has 3 heteroatoms. The van der Waals surface area contributed by atoms with Gasteiger partial charge in [-0.25, -0.2) is 0 Å². The molecule has 0 spiro atoms. The zero-order valence-corrected chi connectivity index (χ0v) is 7.45. The predicted molar refractivity (Wildman–Crippen MR) is 42.3 cm³/mol. The number of pyridine rings is 1. The Balaban J connectivity index is 3.03. The highest BCUT2D eigenvalue weighted by Crippen LogP contribution is 1.96. The second-order valence-electron chi connectivity index (χ2n) is 1.40. The molecule has 0 aliphatic rings. The standard InChI is InChI=1S/C5H3IN.Al/c6-5-2-1-3-7-4-5;/h1-2,4H;. The van der Waals surface area contributed by atoms with Gasteiger partial charge in [-0.15, -0.1) is 0 Å². The minimum absolute atomic E-state index is 0.991. The molecule has 0 unspecified atom stereocenters. The van der Waals surface area contributed by atoms with Gasteiger partial charge in [-0.05, 0) is 28.7 Å². The van der Waals surface area contributed by atoms with Crippen LogP contribution < -0.4 is 4.56 Å². The molecule has 0 aromatic carbocycles. The summed E-state index contributed by atoms with van der Waals surface area (Å²) in [6.07, 6.45) is 1.84. The summed E-state index contributed by atoms with van der Waals surface area (Å²) in [5, 5.41) is 0. The molecular formula is C5H3AlIN. The molecule has 0 aliphatic carbocycles. The lowest BCUT2D eigenvalue weighted by Gasteiger charge is -1.89. The van der Waals surface area contributed by atoms with Crippen LogP contribution in [0.4, 0.5) is 0 Å². The molecular weight excluding hydrogens is 228 g/mol. The summed E-state index contributed by atoms with van der Waals surface area (Å²) in [6.45, 7) is 0. The van der Waals surface area contributed by atoms with Crippen molar-refractivity contribution in [2.45, 2.75) is 0 Å². The third kappa shape index (κ3) is 1.73. The molecule has 8 heavy (non-hydrogen) atoms. The van der Waals surface area contributed by atoms with Crippen molar-refractivity contribution >= 4 is 43.4 Å². The average molecular weight is 231 g/mol. The van der Waals surface area contributed by atoms with Crippen LogP contribution in [0.3, 0.4) is 0 Å². The molecule has 0 aliphatic heterocycles. The minimum atomic E-state index is 0.991. The van der Waals surface area contributed by atoms with Crippen LogP contribution >= 0.6 is 22.6 Å². The van der Waals surface area contributed by atoms with E-state index in [4.69, 9.17) is 0 Å². The summed E-state index contributed by atoms with van der Waals surface area (Å²) in [4.78, 5) is 4.03. The second kappa shape index (κ2) is 2.81. The number of nitrogens with zero attached hydrogens (tertiary/aromatic N) is 1. The van der Waals surface area contributed by atoms with Gasteiger partial charge < -0.3 is 0 Å².